The molecule has 3 aromatic heterocycles. The van der Waals surface area contributed by atoms with Gasteiger partial charge in [0, 0.05) is 16.8 Å². The Kier molecular flexibility index (Phi) is 4.71. The van der Waals surface area contributed by atoms with Gasteiger partial charge in [0.25, 0.3) is 17.5 Å². The number of carbonyl (C=O) groups excluding carboxylic acids is 2. The molecule has 1 amide bonds. The van der Waals surface area contributed by atoms with Crippen LogP contribution in [0, 0.1) is 13.8 Å². The molecular weight excluding hydrogens is 374 g/mol. The molecule has 0 bridgehead atoms. The van der Waals surface area contributed by atoms with Gasteiger partial charge in [-0.05, 0) is 39.0 Å². The van der Waals surface area contributed by atoms with Crippen LogP contribution in [0.2, 0.25) is 0 Å². The molecule has 0 saturated heterocycles. The van der Waals surface area contributed by atoms with Gasteiger partial charge in [-0.25, -0.2) is 14.3 Å². The van der Waals surface area contributed by atoms with Gasteiger partial charge in [0.05, 0.1) is 6.04 Å². The number of para-hydroxylation sites is 1. The number of nitrogens with zero attached hydrogens (tertiary/aromatic N) is 4. The second kappa shape index (κ2) is 7.34. The molecule has 0 unspecified atom stereocenters. The first-order chi connectivity index (χ1) is 13.9. The summed E-state index contributed by atoms with van der Waals surface area (Å²) in [4.78, 5) is 32.6. The summed E-state index contributed by atoms with van der Waals surface area (Å²) in [6.07, 6.45) is 0. The first kappa shape index (κ1) is 18.6. The van der Waals surface area contributed by atoms with Crippen LogP contribution in [0.25, 0.3) is 16.7 Å². The number of hydrogen-bond acceptors (Lipinski definition) is 7. The summed E-state index contributed by atoms with van der Waals surface area (Å²) in [5.41, 5.74) is 2.30. The maximum absolute atomic E-state index is 12.2. The molecule has 148 valence electrons. The highest BCUT2D eigenvalue weighted by molar-refractivity contribution is 5.88. The number of carbonyl (C=O) groups is 2. The van der Waals surface area contributed by atoms with Crippen molar-refractivity contribution in [2.45, 2.75) is 26.8 Å². The Balaban J connectivity index is 1.37. The Hall–Kier alpha value is -3.75. The van der Waals surface area contributed by atoms with Crippen molar-refractivity contribution in [3.8, 4) is 0 Å². The molecule has 1 N–H and O–H groups in total. The highest BCUT2D eigenvalue weighted by Crippen LogP contribution is 2.23. The number of ether oxygens (including phenoxy) is 1. The molecule has 1 aromatic carbocycles. The lowest BCUT2D eigenvalue weighted by Crippen LogP contribution is -2.31. The predicted molar refractivity (Wildman–Crippen MR) is 103 cm³/mol. The molecule has 0 aliphatic rings. The number of furan rings is 1. The minimum Gasteiger partial charge on any atom is -0.459 e. The average molecular weight is 393 g/mol. The van der Waals surface area contributed by atoms with Crippen molar-refractivity contribution in [1.82, 2.24) is 24.9 Å². The SMILES string of the molecule is Cc1cc(C)n2nc(C(=O)OCC(=O)N[C@@H](C)c3cc4ccccc4o3)nc2n1. The maximum Gasteiger partial charge on any atom is 0.378 e. The molecule has 0 saturated carbocycles. The number of fused-ring (bicyclic) bond motifs is 2. The summed E-state index contributed by atoms with van der Waals surface area (Å²) >= 11 is 0. The number of amides is 1. The van der Waals surface area contributed by atoms with Crippen LogP contribution < -0.4 is 5.32 Å². The van der Waals surface area contributed by atoms with Gasteiger partial charge in [0.2, 0.25) is 0 Å². The van der Waals surface area contributed by atoms with E-state index in [1.807, 2.05) is 50.2 Å². The molecule has 9 heteroatoms. The average Bonchev–Trinajstić information content (AvgIpc) is 3.30. The summed E-state index contributed by atoms with van der Waals surface area (Å²) < 4.78 is 12.2. The van der Waals surface area contributed by atoms with Crippen molar-refractivity contribution < 1.29 is 18.7 Å². The maximum atomic E-state index is 12.2. The van der Waals surface area contributed by atoms with Crippen LogP contribution in [0.3, 0.4) is 0 Å². The number of hydrogen-bond donors (Lipinski definition) is 1. The number of benzene rings is 1. The largest absolute Gasteiger partial charge is 0.459 e. The Labute approximate surface area is 165 Å². The van der Waals surface area contributed by atoms with E-state index >= 15 is 0 Å². The second-order valence-electron chi connectivity index (χ2n) is 6.74. The van der Waals surface area contributed by atoms with E-state index in [1.54, 1.807) is 6.92 Å². The minimum atomic E-state index is -0.793. The molecule has 29 heavy (non-hydrogen) atoms. The van der Waals surface area contributed by atoms with Crippen molar-refractivity contribution in [3.63, 3.8) is 0 Å². The fourth-order valence-electron chi connectivity index (χ4n) is 3.02. The van der Waals surface area contributed by atoms with Crippen LogP contribution >= 0.6 is 0 Å². The summed E-state index contributed by atoms with van der Waals surface area (Å²) in [7, 11) is 0. The Morgan fingerprint density at radius 1 is 1.21 bits per heavy atom. The van der Waals surface area contributed by atoms with E-state index < -0.39 is 18.5 Å². The summed E-state index contributed by atoms with van der Waals surface area (Å²) in [6, 6.07) is 10.9. The lowest BCUT2D eigenvalue weighted by atomic mass is 10.2. The third-order valence-electron chi connectivity index (χ3n) is 4.38. The number of nitrogens with one attached hydrogen (secondary N) is 1. The van der Waals surface area contributed by atoms with Crippen molar-refractivity contribution in [3.05, 3.63) is 59.4 Å². The van der Waals surface area contributed by atoms with Gasteiger partial charge in [0.1, 0.15) is 11.3 Å². The Bertz CT molecular complexity index is 1190. The predicted octanol–water partition coefficient (Wildman–Crippen LogP) is 2.52. The number of rotatable bonds is 5. The lowest BCUT2D eigenvalue weighted by molar-refractivity contribution is -0.125. The zero-order valence-electron chi connectivity index (χ0n) is 16.2. The van der Waals surface area contributed by atoms with Gasteiger partial charge in [-0.2, -0.15) is 4.98 Å². The normalized spacial score (nSPS) is 12.2. The monoisotopic (exact) mass is 393 g/mol. The molecule has 4 rings (SSSR count). The standard InChI is InChI=1S/C20H19N5O4/c1-11-8-12(2)25-20(21-11)23-18(24-25)19(27)28-10-17(26)22-13(3)16-9-14-6-4-5-7-15(14)29-16/h4-9,13H,10H2,1-3H3,(H,22,26)/t13-/m0/s1. The van der Waals surface area contributed by atoms with E-state index in [-0.39, 0.29) is 11.9 Å². The van der Waals surface area contributed by atoms with E-state index in [0.29, 0.717) is 11.5 Å². The third kappa shape index (κ3) is 3.79. The zero-order chi connectivity index (χ0) is 20.5. The molecule has 0 aliphatic heterocycles. The van der Waals surface area contributed by atoms with Gasteiger partial charge in [-0.15, -0.1) is 5.10 Å². The van der Waals surface area contributed by atoms with Crippen LogP contribution in [0.1, 0.15) is 40.7 Å². The fourth-order valence-corrected chi connectivity index (χ4v) is 3.02. The van der Waals surface area contributed by atoms with Crippen molar-refractivity contribution >= 4 is 28.6 Å². The van der Waals surface area contributed by atoms with Crippen LogP contribution in [-0.2, 0) is 9.53 Å². The van der Waals surface area contributed by atoms with E-state index in [0.717, 1.165) is 22.4 Å². The Morgan fingerprint density at radius 2 is 2.00 bits per heavy atom. The number of aromatic nitrogens is 4. The zero-order valence-corrected chi connectivity index (χ0v) is 16.2. The van der Waals surface area contributed by atoms with Gasteiger partial charge in [0.15, 0.2) is 6.61 Å². The summed E-state index contributed by atoms with van der Waals surface area (Å²) in [6.45, 7) is 4.99. The van der Waals surface area contributed by atoms with E-state index in [1.165, 1.54) is 4.52 Å². The molecule has 1 atom stereocenters. The van der Waals surface area contributed by atoms with E-state index in [2.05, 4.69) is 20.4 Å². The molecule has 4 aromatic rings. The fraction of sp³-hybridized carbons (Fsp3) is 0.250. The number of esters is 1. The summed E-state index contributed by atoms with van der Waals surface area (Å²) in [5.74, 6) is -0.481. The van der Waals surface area contributed by atoms with Crippen molar-refractivity contribution in [2.75, 3.05) is 6.61 Å². The smallest absolute Gasteiger partial charge is 0.378 e. The third-order valence-corrected chi connectivity index (χ3v) is 4.38. The van der Waals surface area contributed by atoms with E-state index in [9.17, 15) is 9.59 Å². The summed E-state index contributed by atoms with van der Waals surface area (Å²) in [5, 5.41) is 7.78. The molecule has 9 nitrogen and oxygen atoms in total. The van der Waals surface area contributed by atoms with E-state index in [4.69, 9.17) is 9.15 Å². The molecule has 0 aliphatic carbocycles. The Morgan fingerprint density at radius 3 is 2.79 bits per heavy atom. The lowest BCUT2D eigenvalue weighted by Gasteiger charge is -2.11. The topological polar surface area (TPSA) is 112 Å². The van der Waals surface area contributed by atoms with Gasteiger partial charge in [-0.1, -0.05) is 18.2 Å². The highest BCUT2D eigenvalue weighted by atomic mass is 16.5. The van der Waals surface area contributed by atoms with Crippen LogP contribution in [0.4, 0.5) is 0 Å². The van der Waals surface area contributed by atoms with Crippen LogP contribution in [0.5, 0.6) is 0 Å². The van der Waals surface area contributed by atoms with Crippen LogP contribution in [0.15, 0.2) is 40.8 Å². The molecular formula is C20H19N5O4. The first-order valence-corrected chi connectivity index (χ1v) is 9.06. The van der Waals surface area contributed by atoms with Crippen molar-refractivity contribution in [2.24, 2.45) is 0 Å². The molecule has 0 radical (unpaired) electrons. The highest BCUT2D eigenvalue weighted by Gasteiger charge is 2.19. The first-order valence-electron chi connectivity index (χ1n) is 9.06. The molecule has 0 spiro atoms. The van der Waals surface area contributed by atoms with Gasteiger partial charge in [-0.3, -0.25) is 4.79 Å². The second-order valence-corrected chi connectivity index (χ2v) is 6.74. The van der Waals surface area contributed by atoms with Crippen LogP contribution in [-0.4, -0.2) is 38.1 Å². The number of aryl methyl sites for hydroxylation is 2. The molecule has 3 heterocycles. The molecule has 0 fully saturated rings. The minimum absolute atomic E-state index is 0.149. The van der Waals surface area contributed by atoms with Crippen molar-refractivity contribution in [1.29, 1.82) is 0 Å². The quantitative estimate of drug-likeness (QED) is 0.519. The van der Waals surface area contributed by atoms with Gasteiger partial charge < -0.3 is 14.5 Å². The van der Waals surface area contributed by atoms with Gasteiger partial charge >= 0.3 is 5.97 Å².